The molecular weight excluding hydrogens is 253 g/mol. The summed E-state index contributed by atoms with van der Waals surface area (Å²) >= 11 is 0. The average molecular weight is 270 g/mol. The van der Waals surface area contributed by atoms with Crippen LogP contribution in [0, 0.1) is 5.92 Å². The highest BCUT2D eigenvalue weighted by Gasteiger charge is 2.47. The van der Waals surface area contributed by atoms with Crippen molar-refractivity contribution >= 4 is 0 Å². The molecule has 1 aromatic carbocycles. The van der Waals surface area contributed by atoms with Gasteiger partial charge < -0.3 is 11.1 Å². The van der Waals surface area contributed by atoms with Crippen LogP contribution in [0.5, 0.6) is 0 Å². The number of halogens is 3. The number of hydrogen-bond acceptors (Lipinski definition) is 2. The first-order valence-electron chi connectivity index (χ1n) is 6.64. The van der Waals surface area contributed by atoms with Gasteiger partial charge in [0.05, 0.1) is 5.56 Å². The molecule has 3 N–H and O–H groups in total. The molecule has 104 valence electrons. The lowest BCUT2D eigenvalue weighted by molar-refractivity contribution is -0.137. The molecule has 2 aliphatic heterocycles. The number of nitrogens with two attached hydrogens (primary N) is 1. The standard InChI is InChI=1S/C14H17F3N2/c15-14(16,17)9-3-1-2-8(6-9)13-10(7-18)11-4-5-12(13)19-11/h1-3,6,10-13,19H,4-5,7,18H2. The topological polar surface area (TPSA) is 38.0 Å². The smallest absolute Gasteiger partial charge is 0.330 e. The third-order valence-corrected chi connectivity index (χ3v) is 4.50. The molecule has 3 rings (SSSR count). The Hall–Kier alpha value is -1.07. The maximum atomic E-state index is 12.8. The molecule has 5 heteroatoms. The average Bonchev–Trinajstić information content (AvgIpc) is 2.97. The summed E-state index contributed by atoms with van der Waals surface area (Å²) in [7, 11) is 0. The fourth-order valence-corrected chi connectivity index (χ4v) is 3.68. The Balaban J connectivity index is 1.94. The first-order valence-corrected chi connectivity index (χ1v) is 6.64. The minimum absolute atomic E-state index is 0.117. The highest BCUT2D eigenvalue weighted by Crippen LogP contribution is 2.45. The summed E-state index contributed by atoms with van der Waals surface area (Å²) in [5.41, 5.74) is 6.01. The molecule has 2 aliphatic rings. The van der Waals surface area contributed by atoms with Crippen molar-refractivity contribution in [1.82, 2.24) is 5.32 Å². The maximum absolute atomic E-state index is 12.8. The third kappa shape index (κ3) is 2.15. The number of hydrogen-bond donors (Lipinski definition) is 2. The first-order chi connectivity index (χ1) is 9.00. The predicted molar refractivity (Wildman–Crippen MR) is 66.7 cm³/mol. The highest BCUT2D eigenvalue weighted by atomic mass is 19.4. The maximum Gasteiger partial charge on any atom is 0.416 e. The lowest BCUT2D eigenvalue weighted by Crippen LogP contribution is -2.32. The predicted octanol–water partition coefficient (Wildman–Crippen LogP) is 2.50. The fraction of sp³-hybridized carbons (Fsp3) is 0.571. The van der Waals surface area contributed by atoms with Crippen LogP contribution in [0.2, 0.25) is 0 Å². The van der Waals surface area contributed by atoms with Gasteiger partial charge in [0.25, 0.3) is 0 Å². The Kier molecular flexibility index (Phi) is 3.06. The third-order valence-electron chi connectivity index (χ3n) is 4.50. The molecule has 2 saturated heterocycles. The first kappa shape index (κ1) is 12.9. The van der Waals surface area contributed by atoms with E-state index >= 15 is 0 Å². The van der Waals surface area contributed by atoms with Gasteiger partial charge in [0.15, 0.2) is 0 Å². The zero-order valence-corrected chi connectivity index (χ0v) is 10.5. The summed E-state index contributed by atoms with van der Waals surface area (Å²) in [4.78, 5) is 0. The normalized spacial score (nSPS) is 33.9. The lowest BCUT2D eigenvalue weighted by Gasteiger charge is -2.29. The van der Waals surface area contributed by atoms with E-state index in [4.69, 9.17) is 5.73 Å². The van der Waals surface area contributed by atoms with Crippen LogP contribution in [0.15, 0.2) is 24.3 Å². The van der Waals surface area contributed by atoms with Gasteiger partial charge in [-0.3, -0.25) is 0 Å². The lowest BCUT2D eigenvalue weighted by atomic mass is 9.75. The van der Waals surface area contributed by atoms with E-state index in [0.29, 0.717) is 12.6 Å². The van der Waals surface area contributed by atoms with Crippen molar-refractivity contribution in [3.63, 3.8) is 0 Å². The second kappa shape index (κ2) is 4.49. The second-order valence-electron chi connectivity index (χ2n) is 5.51. The molecule has 1 aromatic rings. The van der Waals surface area contributed by atoms with Crippen LogP contribution in [0.4, 0.5) is 13.2 Å². The monoisotopic (exact) mass is 270 g/mol. The largest absolute Gasteiger partial charge is 0.416 e. The molecule has 2 nitrogen and oxygen atoms in total. The van der Waals surface area contributed by atoms with Gasteiger partial charge in [-0.2, -0.15) is 13.2 Å². The van der Waals surface area contributed by atoms with E-state index in [-0.39, 0.29) is 17.9 Å². The molecule has 4 atom stereocenters. The van der Waals surface area contributed by atoms with Crippen molar-refractivity contribution in [1.29, 1.82) is 0 Å². The van der Waals surface area contributed by atoms with Gasteiger partial charge in [-0.1, -0.05) is 18.2 Å². The van der Waals surface area contributed by atoms with Crippen molar-refractivity contribution < 1.29 is 13.2 Å². The molecular formula is C14H17F3N2. The van der Waals surface area contributed by atoms with Crippen molar-refractivity contribution in [2.75, 3.05) is 6.54 Å². The summed E-state index contributed by atoms with van der Waals surface area (Å²) in [6.45, 7) is 0.523. The van der Waals surface area contributed by atoms with E-state index in [0.717, 1.165) is 24.5 Å². The van der Waals surface area contributed by atoms with Crippen molar-refractivity contribution in [2.24, 2.45) is 11.7 Å². The molecule has 0 radical (unpaired) electrons. The Morgan fingerprint density at radius 3 is 2.63 bits per heavy atom. The van der Waals surface area contributed by atoms with Gasteiger partial charge in [0.2, 0.25) is 0 Å². The van der Waals surface area contributed by atoms with E-state index < -0.39 is 11.7 Å². The van der Waals surface area contributed by atoms with E-state index in [2.05, 4.69) is 5.32 Å². The van der Waals surface area contributed by atoms with Crippen LogP contribution < -0.4 is 11.1 Å². The Morgan fingerprint density at radius 1 is 1.21 bits per heavy atom. The van der Waals surface area contributed by atoms with Gasteiger partial charge in [-0.25, -0.2) is 0 Å². The molecule has 2 fully saturated rings. The zero-order chi connectivity index (χ0) is 13.6. The Bertz CT molecular complexity index is 472. The van der Waals surface area contributed by atoms with Crippen LogP contribution in [0.3, 0.4) is 0 Å². The Labute approximate surface area is 110 Å². The second-order valence-corrected chi connectivity index (χ2v) is 5.51. The summed E-state index contributed by atoms with van der Waals surface area (Å²) in [5.74, 6) is 0.369. The summed E-state index contributed by atoms with van der Waals surface area (Å²) < 4.78 is 38.3. The van der Waals surface area contributed by atoms with Crippen LogP contribution in [-0.2, 0) is 6.18 Å². The van der Waals surface area contributed by atoms with Crippen molar-refractivity contribution in [3.8, 4) is 0 Å². The number of alkyl halides is 3. The molecule has 2 bridgehead atoms. The highest BCUT2D eigenvalue weighted by molar-refractivity contribution is 5.32. The van der Waals surface area contributed by atoms with E-state index in [1.165, 1.54) is 12.1 Å². The number of fused-ring (bicyclic) bond motifs is 2. The Morgan fingerprint density at radius 2 is 1.95 bits per heavy atom. The SMILES string of the molecule is NCC1C2CCC(N2)C1c1cccc(C(F)(F)F)c1. The minimum atomic E-state index is -4.28. The van der Waals surface area contributed by atoms with E-state index in [1.807, 2.05) is 0 Å². The van der Waals surface area contributed by atoms with E-state index in [9.17, 15) is 13.2 Å². The number of rotatable bonds is 2. The van der Waals surface area contributed by atoms with Crippen LogP contribution in [0.1, 0.15) is 29.9 Å². The van der Waals surface area contributed by atoms with E-state index in [1.54, 1.807) is 6.07 Å². The molecule has 0 aromatic heterocycles. The molecule has 0 saturated carbocycles. The summed E-state index contributed by atoms with van der Waals surface area (Å²) in [6.07, 6.45) is -2.16. The molecule has 4 unspecified atom stereocenters. The van der Waals surface area contributed by atoms with Gasteiger partial charge in [0.1, 0.15) is 0 Å². The molecule has 2 heterocycles. The molecule has 19 heavy (non-hydrogen) atoms. The minimum Gasteiger partial charge on any atom is -0.330 e. The zero-order valence-electron chi connectivity index (χ0n) is 10.5. The van der Waals surface area contributed by atoms with Gasteiger partial charge >= 0.3 is 6.18 Å². The quantitative estimate of drug-likeness (QED) is 0.866. The van der Waals surface area contributed by atoms with Crippen LogP contribution in [0.25, 0.3) is 0 Å². The van der Waals surface area contributed by atoms with Gasteiger partial charge in [0, 0.05) is 18.0 Å². The van der Waals surface area contributed by atoms with Crippen molar-refractivity contribution in [2.45, 2.75) is 37.0 Å². The molecule has 0 spiro atoms. The van der Waals surface area contributed by atoms with Crippen LogP contribution in [-0.4, -0.2) is 18.6 Å². The molecule has 0 aliphatic carbocycles. The van der Waals surface area contributed by atoms with Crippen molar-refractivity contribution in [3.05, 3.63) is 35.4 Å². The van der Waals surface area contributed by atoms with Gasteiger partial charge in [-0.05, 0) is 36.9 Å². The fourth-order valence-electron chi connectivity index (χ4n) is 3.68. The van der Waals surface area contributed by atoms with Gasteiger partial charge in [-0.15, -0.1) is 0 Å². The summed E-state index contributed by atoms with van der Waals surface area (Å²) in [5, 5.41) is 3.47. The van der Waals surface area contributed by atoms with Crippen LogP contribution >= 0.6 is 0 Å². The number of nitrogens with one attached hydrogen (secondary N) is 1. The summed E-state index contributed by atoms with van der Waals surface area (Å²) in [6, 6.07) is 6.36. The number of benzene rings is 1. The molecule has 0 amide bonds.